The molecule has 1 N–H and O–H groups in total. The summed E-state index contributed by atoms with van der Waals surface area (Å²) in [6, 6.07) is 0.229. The predicted molar refractivity (Wildman–Crippen MR) is 50.5 cm³/mol. The molecule has 0 bridgehead atoms. The fourth-order valence-electron chi connectivity index (χ4n) is 1.59. The molecule has 5 heteroatoms. The minimum atomic E-state index is -3.14. The molecule has 0 aromatic carbocycles. The fraction of sp³-hybridized carbons (Fsp3) is 1.00. The van der Waals surface area contributed by atoms with Crippen molar-refractivity contribution in [1.82, 2.24) is 9.03 Å². The maximum Gasteiger partial charge on any atom is 0.279 e. The fourth-order valence-corrected chi connectivity index (χ4v) is 3.14. The zero-order valence-electron chi connectivity index (χ0n) is 7.70. The molecule has 2 aliphatic rings. The van der Waals surface area contributed by atoms with E-state index in [9.17, 15) is 8.42 Å². The summed E-state index contributed by atoms with van der Waals surface area (Å²) in [6.07, 6.45) is 5.19. The molecule has 0 atom stereocenters. The Morgan fingerprint density at radius 1 is 1.08 bits per heavy atom. The summed E-state index contributed by atoms with van der Waals surface area (Å²) < 4.78 is 27.6. The molecule has 13 heavy (non-hydrogen) atoms. The molecule has 1 aliphatic carbocycles. The average Bonchev–Trinajstić information content (AvgIpc) is 2.89. The third-order valence-corrected chi connectivity index (χ3v) is 4.22. The van der Waals surface area contributed by atoms with Gasteiger partial charge in [0.1, 0.15) is 0 Å². The molecule has 0 aromatic heterocycles. The van der Waals surface area contributed by atoms with E-state index in [1.807, 2.05) is 0 Å². The lowest BCUT2D eigenvalue weighted by molar-refractivity contribution is 0.341. The standard InChI is InChI=1S/C8H16N2O2S/c11-13(12,9-8-4-5-8)10-6-2-1-3-7-10/h8-9H,1-7H2. The molecular formula is C8H16N2O2S. The third kappa shape index (κ3) is 2.42. The minimum absolute atomic E-state index is 0.229. The smallest absolute Gasteiger partial charge is 0.199 e. The van der Waals surface area contributed by atoms with Gasteiger partial charge in [-0.05, 0) is 25.7 Å². The van der Waals surface area contributed by atoms with Crippen molar-refractivity contribution in [2.75, 3.05) is 13.1 Å². The summed E-state index contributed by atoms with van der Waals surface area (Å²) in [5, 5.41) is 0. The lowest BCUT2D eigenvalue weighted by Crippen LogP contribution is -2.44. The van der Waals surface area contributed by atoms with Gasteiger partial charge in [0.05, 0.1) is 0 Å². The molecule has 0 unspecified atom stereocenters. The number of piperidine rings is 1. The van der Waals surface area contributed by atoms with E-state index in [0.717, 1.165) is 32.1 Å². The van der Waals surface area contributed by atoms with E-state index < -0.39 is 10.2 Å². The Balaban J connectivity index is 1.95. The highest BCUT2D eigenvalue weighted by Crippen LogP contribution is 2.21. The van der Waals surface area contributed by atoms with E-state index in [1.165, 1.54) is 0 Å². The van der Waals surface area contributed by atoms with Crippen LogP contribution in [-0.4, -0.2) is 31.9 Å². The van der Waals surface area contributed by atoms with Crippen LogP contribution < -0.4 is 4.72 Å². The zero-order valence-corrected chi connectivity index (χ0v) is 8.52. The number of rotatable bonds is 3. The third-order valence-electron chi connectivity index (χ3n) is 2.55. The second kappa shape index (κ2) is 3.55. The number of hydrogen-bond acceptors (Lipinski definition) is 2. The zero-order chi connectivity index (χ0) is 9.31. The highest BCUT2D eigenvalue weighted by atomic mass is 32.2. The molecule has 76 valence electrons. The summed E-state index contributed by atoms with van der Waals surface area (Å²) in [4.78, 5) is 0. The number of nitrogens with zero attached hydrogens (tertiary/aromatic N) is 1. The summed E-state index contributed by atoms with van der Waals surface area (Å²) in [6.45, 7) is 1.39. The number of nitrogens with one attached hydrogen (secondary N) is 1. The van der Waals surface area contributed by atoms with Crippen molar-refractivity contribution < 1.29 is 8.42 Å². The van der Waals surface area contributed by atoms with Gasteiger partial charge in [0.15, 0.2) is 0 Å². The van der Waals surface area contributed by atoms with Crippen LogP contribution in [0.1, 0.15) is 32.1 Å². The SMILES string of the molecule is O=S(=O)(NC1CC1)N1CCCCC1. The Morgan fingerprint density at radius 3 is 2.23 bits per heavy atom. The largest absolute Gasteiger partial charge is 0.279 e. The molecule has 0 aromatic rings. The summed E-state index contributed by atoms with van der Waals surface area (Å²) in [7, 11) is -3.14. The van der Waals surface area contributed by atoms with Gasteiger partial charge in [-0.2, -0.15) is 17.4 Å². The predicted octanol–water partition coefficient (Wildman–Crippen LogP) is 0.469. The van der Waals surface area contributed by atoms with E-state index >= 15 is 0 Å². The molecule has 0 spiro atoms. The van der Waals surface area contributed by atoms with Gasteiger partial charge in [-0.3, -0.25) is 0 Å². The molecule has 1 saturated carbocycles. The van der Waals surface area contributed by atoms with Crippen molar-refractivity contribution in [3.63, 3.8) is 0 Å². The first-order valence-electron chi connectivity index (χ1n) is 4.96. The van der Waals surface area contributed by atoms with Crippen LogP contribution in [0.4, 0.5) is 0 Å². The van der Waals surface area contributed by atoms with Gasteiger partial charge in [-0.15, -0.1) is 0 Å². The van der Waals surface area contributed by atoms with Crippen LogP contribution in [-0.2, 0) is 10.2 Å². The van der Waals surface area contributed by atoms with Gasteiger partial charge >= 0.3 is 0 Å². The highest BCUT2D eigenvalue weighted by Gasteiger charge is 2.31. The van der Waals surface area contributed by atoms with Gasteiger partial charge in [0, 0.05) is 19.1 Å². The second-order valence-corrected chi connectivity index (χ2v) is 5.56. The summed E-state index contributed by atoms with van der Waals surface area (Å²) >= 11 is 0. The van der Waals surface area contributed by atoms with Gasteiger partial charge < -0.3 is 0 Å². The van der Waals surface area contributed by atoms with Crippen molar-refractivity contribution in [1.29, 1.82) is 0 Å². The normalized spacial score (nSPS) is 26.2. The topological polar surface area (TPSA) is 49.4 Å². The van der Waals surface area contributed by atoms with E-state index in [0.29, 0.717) is 13.1 Å². The summed E-state index contributed by atoms with van der Waals surface area (Å²) in [5.41, 5.74) is 0. The van der Waals surface area contributed by atoms with Crippen LogP contribution in [0, 0.1) is 0 Å². The van der Waals surface area contributed by atoms with Crippen molar-refractivity contribution >= 4 is 10.2 Å². The van der Waals surface area contributed by atoms with Crippen LogP contribution in [0.2, 0.25) is 0 Å². The van der Waals surface area contributed by atoms with Crippen LogP contribution in [0.15, 0.2) is 0 Å². The van der Waals surface area contributed by atoms with Crippen LogP contribution in [0.3, 0.4) is 0 Å². The molecule has 2 rings (SSSR count). The van der Waals surface area contributed by atoms with Crippen LogP contribution >= 0.6 is 0 Å². The first-order chi connectivity index (χ1) is 6.18. The highest BCUT2D eigenvalue weighted by molar-refractivity contribution is 7.87. The molecule has 1 heterocycles. The monoisotopic (exact) mass is 204 g/mol. The van der Waals surface area contributed by atoms with Crippen molar-refractivity contribution in [2.45, 2.75) is 38.1 Å². The first-order valence-corrected chi connectivity index (χ1v) is 6.40. The summed E-state index contributed by atoms with van der Waals surface area (Å²) in [5.74, 6) is 0. The second-order valence-electron chi connectivity index (χ2n) is 3.86. The first kappa shape index (κ1) is 9.43. The Hall–Kier alpha value is -0.130. The number of hydrogen-bond donors (Lipinski definition) is 1. The maximum atomic E-state index is 11.7. The van der Waals surface area contributed by atoms with E-state index in [4.69, 9.17) is 0 Å². The van der Waals surface area contributed by atoms with Crippen LogP contribution in [0.5, 0.6) is 0 Å². The Kier molecular flexibility index (Phi) is 2.58. The lowest BCUT2D eigenvalue weighted by Gasteiger charge is -2.25. The molecular weight excluding hydrogens is 188 g/mol. The quantitative estimate of drug-likeness (QED) is 0.726. The molecule has 4 nitrogen and oxygen atoms in total. The van der Waals surface area contributed by atoms with Gasteiger partial charge in [-0.25, -0.2) is 0 Å². The maximum absolute atomic E-state index is 11.7. The van der Waals surface area contributed by atoms with E-state index in [-0.39, 0.29) is 6.04 Å². The van der Waals surface area contributed by atoms with Crippen LogP contribution in [0.25, 0.3) is 0 Å². The molecule has 1 saturated heterocycles. The van der Waals surface area contributed by atoms with Gasteiger partial charge in [0.25, 0.3) is 10.2 Å². The minimum Gasteiger partial charge on any atom is -0.199 e. The average molecular weight is 204 g/mol. The lowest BCUT2D eigenvalue weighted by atomic mass is 10.2. The van der Waals surface area contributed by atoms with Crippen molar-refractivity contribution in [3.8, 4) is 0 Å². The van der Waals surface area contributed by atoms with E-state index in [1.54, 1.807) is 4.31 Å². The Labute approximate surface area is 79.5 Å². The van der Waals surface area contributed by atoms with E-state index in [2.05, 4.69) is 4.72 Å². The van der Waals surface area contributed by atoms with Crippen molar-refractivity contribution in [2.24, 2.45) is 0 Å². The van der Waals surface area contributed by atoms with Gasteiger partial charge in [0.2, 0.25) is 0 Å². The Morgan fingerprint density at radius 2 is 1.69 bits per heavy atom. The molecule has 0 radical (unpaired) electrons. The molecule has 0 amide bonds. The molecule has 2 fully saturated rings. The van der Waals surface area contributed by atoms with Crippen molar-refractivity contribution in [3.05, 3.63) is 0 Å². The van der Waals surface area contributed by atoms with Gasteiger partial charge in [-0.1, -0.05) is 6.42 Å². The Bertz CT molecular complexity index is 266. The molecule has 1 aliphatic heterocycles.